The summed E-state index contributed by atoms with van der Waals surface area (Å²) in [5, 5.41) is 16.7. The number of aromatic nitrogens is 5. The maximum atomic E-state index is 12.5. The van der Waals surface area contributed by atoms with Gasteiger partial charge in [-0.05, 0) is 12.5 Å². The number of methoxy groups -OCH3 is 1. The maximum absolute atomic E-state index is 12.5. The molecule has 2 aliphatic rings. The molecular formula is C23H28N8O4. The fourth-order valence-corrected chi connectivity index (χ4v) is 4.55. The van der Waals surface area contributed by atoms with E-state index in [9.17, 15) is 14.7 Å². The molecule has 0 unspecified atom stereocenters. The Labute approximate surface area is 201 Å². The number of hydrogen-bond donors (Lipinski definition) is 3. The van der Waals surface area contributed by atoms with E-state index < -0.39 is 6.10 Å². The number of pyridine rings is 1. The smallest absolute Gasteiger partial charge is 0.270 e. The number of ether oxygens (including phenoxy) is 1. The first-order valence-electron chi connectivity index (χ1n) is 11.7. The third-order valence-corrected chi connectivity index (χ3v) is 6.48. The second-order valence-corrected chi connectivity index (χ2v) is 8.87. The van der Waals surface area contributed by atoms with Crippen LogP contribution in [0.15, 0.2) is 29.3 Å². The van der Waals surface area contributed by atoms with Crippen LogP contribution in [0.4, 0.5) is 5.82 Å². The number of β-amino-alcohol motifs (C(OH)–C–C–N with tert-alkyl or cyclic N) is 1. The van der Waals surface area contributed by atoms with Crippen molar-refractivity contribution in [3.63, 3.8) is 0 Å². The Morgan fingerprint density at radius 2 is 2.03 bits per heavy atom. The molecule has 0 spiro atoms. The van der Waals surface area contributed by atoms with E-state index in [0.717, 1.165) is 5.56 Å². The highest BCUT2D eigenvalue weighted by molar-refractivity contribution is 5.92. The van der Waals surface area contributed by atoms with Gasteiger partial charge in [0.2, 0.25) is 11.8 Å². The maximum Gasteiger partial charge on any atom is 0.270 e. The normalized spacial score (nSPS) is 20.1. The van der Waals surface area contributed by atoms with Crippen LogP contribution >= 0.6 is 0 Å². The van der Waals surface area contributed by atoms with E-state index in [4.69, 9.17) is 4.74 Å². The van der Waals surface area contributed by atoms with Crippen molar-refractivity contribution in [1.82, 2.24) is 34.7 Å². The molecule has 12 heteroatoms. The molecule has 0 saturated carbocycles. The SMILES string of the molecule is COc1ccc2ncc(=O)n(CCN3C[C@H](CNCc4ncc5c(n4)NC(=O)CC5)[C@H](O)C3)c2n1. The van der Waals surface area contributed by atoms with Crippen LogP contribution in [0.3, 0.4) is 0 Å². The van der Waals surface area contributed by atoms with Crippen molar-refractivity contribution in [2.24, 2.45) is 5.92 Å². The van der Waals surface area contributed by atoms with Crippen molar-refractivity contribution in [1.29, 1.82) is 0 Å². The predicted octanol–water partition coefficient (Wildman–Crippen LogP) is -0.443. The monoisotopic (exact) mass is 480 g/mol. The summed E-state index contributed by atoms with van der Waals surface area (Å²) in [4.78, 5) is 43.6. The largest absolute Gasteiger partial charge is 0.481 e. The summed E-state index contributed by atoms with van der Waals surface area (Å²) in [6, 6.07) is 3.49. The number of amides is 1. The lowest BCUT2D eigenvalue weighted by Gasteiger charge is -2.18. The van der Waals surface area contributed by atoms with Gasteiger partial charge >= 0.3 is 0 Å². The van der Waals surface area contributed by atoms with Crippen molar-refractivity contribution in [3.05, 3.63) is 46.3 Å². The average Bonchev–Trinajstić information content (AvgIpc) is 3.21. The zero-order valence-corrected chi connectivity index (χ0v) is 19.5. The van der Waals surface area contributed by atoms with Crippen molar-refractivity contribution >= 4 is 22.9 Å². The summed E-state index contributed by atoms with van der Waals surface area (Å²) >= 11 is 0. The van der Waals surface area contributed by atoms with Crippen LogP contribution in [0.5, 0.6) is 5.88 Å². The molecule has 5 heterocycles. The highest BCUT2D eigenvalue weighted by atomic mass is 16.5. The minimum absolute atomic E-state index is 0.0266. The number of nitrogens with zero attached hydrogens (tertiary/aromatic N) is 6. The minimum Gasteiger partial charge on any atom is -0.481 e. The standard InChI is InChI=1S/C23H28N8O4/c1-35-20-5-3-16-23(29-20)31(21(34)11-25-16)7-6-30-12-15(17(32)13-30)8-24-10-18-26-9-14-2-4-19(33)28-22(14)27-18/h3,5,9,11,15,17,24,32H,2,4,6-8,10,12-13H2,1H3,(H,26,27,28,33)/t15-,17+/m0/s1. The van der Waals surface area contributed by atoms with Gasteiger partial charge in [-0.15, -0.1) is 0 Å². The Morgan fingerprint density at radius 1 is 1.14 bits per heavy atom. The number of carbonyl (C=O) groups is 1. The topological polar surface area (TPSA) is 147 Å². The number of likely N-dealkylation sites (tertiary alicyclic amines) is 1. The number of carbonyl (C=O) groups excluding carboxylic acids is 1. The minimum atomic E-state index is -0.477. The van der Waals surface area contributed by atoms with Gasteiger partial charge in [-0.2, -0.15) is 4.98 Å². The first-order chi connectivity index (χ1) is 17.0. The third-order valence-electron chi connectivity index (χ3n) is 6.48. The summed E-state index contributed by atoms with van der Waals surface area (Å²) in [6.07, 6.45) is 3.71. The number of rotatable bonds is 8. The predicted molar refractivity (Wildman–Crippen MR) is 127 cm³/mol. The fraction of sp³-hybridized carbons (Fsp3) is 0.478. The van der Waals surface area contributed by atoms with Gasteiger partial charge in [0.05, 0.1) is 26.0 Å². The Hall–Kier alpha value is -3.48. The molecule has 0 aliphatic carbocycles. The molecule has 1 saturated heterocycles. The van der Waals surface area contributed by atoms with Gasteiger partial charge in [0.25, 0.3) is 5.56 Å². The van der Waals surface area contributed by atoms with Crippen LogP contribution in [0.25, 0.3) is 11.2 Å². The number of aliphatic hydroxyl groups is 1. The lowest BCUT2D eigenvalue weighted by Crippen LogP contribution is -2.32. The highest BCUT2D eigenvalue weighted by Gasteiger charge is 2.31. The molecule has 0 aromatic carbocycles. The molecule has 5 rings (SSSR count). The Balaban J connectivity index is 1.16. The van der Waals surface area contributed by atoms with E-state index in [1.807, 2.05) is 0 Å². The van der Waals surface area contributed by atoms with Gasteiger partial charge in [-0.3, -0.25) is 19.1 Å². The second-order valence-electron chi connectivity index (χ2n) is 8.87. The van der Waals surface area contributed by atoms with Crippen LogP contribution in [0.1, 0.15) is 17.8 Å². The summed E-state index contributed by atoms with van der Waals surface area (Å²) in [6.45, 7) is 3.30. The van der Waals surface area contributed by atoms with Crippen molar-refractivity contribution < 1.29 is 14.6 Å². The van der Waals surface area contributed by atoms with E-state index in [1.165, 1.54) is 13.3 Å². The van der Waals surface area contributed by atoms with E-state index in [2.05, 4.69) is 35.5 Å². The molecule has 1 amide bonds. The quantitative estimate of drug-likeness (QED) is 0.387. The van der Waals surface area contributed by atoms with Crippen molar-refractivity contribution in [3.8, 4) is 5.88 Å². The number of anilines is 1. The van der Waals surface area contributed by atoms with Crippen LogP contribution in [-0.4, -0.2) is 79.8 Å². The molecule has 35 heavy (non-hydrogen) atoms. The molecule has 2 aliphatic heterocycles. The first-order valence-corrected chi connectivity index (χ1v) is 11.7. The Kier molecular flexibility index (Phi) is 6.66. The lowest BCUT2D eigenvalue weighted by molar-refractivity contribution is -0.116. The van der Waals surface area contributed by atoms with Crippen molar-refractivity contribution in [2.45, 2.75) is 32.0 Å². The van der Waals surface area contributed by atoms with Gasteiger partial charge in [-0.25, -0.2) is 15.0 Å². The Bertz CT molecular complexity index is 1300. The van der Waals surface area contributed by atoms with Crippen LogP contribution in [-0.2, 0) is 24.3 Å². The van der Waals surface area contributed by atoms with Crippen LogP contribution < -0.4 is 20.9 Å². The van der Waals surface area contributed by atoms with E-state index in [1.54, 1.807) is 22.9 Å². The van der Waals surface area contributed by atoms with Crippen LogP contribution in [0, 0.1) is 5.92 Å². The highest BCUT2D eigenvalue weighted by Crippen LogP contribution is 2.20. The summed E-state index contributed by atoms with van der Waals surface area (Å²) in [5.41, 5.74) is 1.83. The van der Waals surface area contributed by atoms with E-state index in [0.29, 0.717) is 80.8 Å². The first kappa shape index (κ1) is 23.3. The van der Waals surface area contributed by atoms with Crippen molar-refractivity contribution in [2.75, 3.05) is 38.6 Å². The van der Waals surface area contributed by atoms with Gasteiger partial charge in [-0.1, -0.05) is 0 Å². The molecule has 3 aromatic heterocycles. The Morgan fingerprint density at radius 3 is 2.89 bits per heavy atom. The molecule has 0 bridgehead atoms. The van der Waals surface area contributed by atoms with Gasteiger partial charge < -0.3 is 20.5 Å². The van der Waals surface area contributed by atoms with Gasteiger partial charge in [0.1, 0.15) is 17.2 Å². The molecule has 0 radical (unpaired) electrons. The molecule has 3 N–H and O–H groups in total. The fourth-order valence-electron chi connectivity index (χ4n) is 4.55. The van der Waals surface area contributed by atoms with Crippen LogP contribution in [0.2, 0.25) is 0 Å². The number of aliphatic hydroxyl groups excluding tert-OH is 1. The molecule has 12 nitrogen and oxygen atoms in total. The average molecular weight is 481 g/mol. The van der Waals surface area contributed by atoms with Gasteiger partial charge in [0.15, 0.2) is 5.65 Å². The molecule has 3 aromatic rings. The second kappa shape index (κ2) is 10.0. The number of nitrogens with one attached hydrogen (secondary N) is 2. The summed E-state index contributed by atoms with van der Waals surface area (Å²) < 4.78 is 6.78. The van der Waals surface area contributed by atoms with E-state index >= 15 is 0 Å². The van der Waals surface area contributed by atoms with E-state index in [-0.39, 0.29) is 17.4 Å². The molecule has 2 atom stereocenters. The third kappa shape index (κ3) is 5.14. The van der Waals surface area contributed by atoms with Gasteiger partial charge in [0, 0.05) is 62.9 Å². The summed E-state index contributed by atoms with van der Waals surface area (Å²) in [7, 11) is 1.53. The lowest BCUT2D eigenvalue weighted by atomic mass is 10.1. The molecule has 1 fully saturated rings. The number of fused-ring (bicyclic) bond motifs is 2. The summed E-state index contributed by atoms with van der Waals surface area (Å²) in [5.74, 6) is 1.62. The number of hydrogen-bond acceptors (Lipinski definition) is 10. The molecule has 184 valence electrons. The molecular weight excluding hydrogens is 452 g/mol. The zero-order valence-electron chi connectivity index (χ0n) is 19.5. The number of aryl methyl sites for hydroxylation is 1. The zero-order chi connectivity index (χ0) is 24.4.